The van der Waals surface area contributed by atoms with Crippen molar-refractivity contribution in [1.29, 1.82) is 0 Å². The summed E-state index contributed by atoms with van der Waals surface area (Å²) >= 11 is 0. The summed E-state index contributed by atoms with van der Waals surface area (Å²) in [4.78, 5) is 125. The van der Waals surface area contributed by atoms with Crippen molar-refractivity contribution in [2.45, 2.75) is 148 Å². The number of aliphatic hydroxyl groups is 7. The molecule has 33 heteroatoms. The van der Waals surface area contributed by atoms with E-state index in [1.807, 2.05) is 13.8 Å². The van der Waals surface area contributed by atoms with E-state index in [2.05, 4.69) is 13.5 Å². The molecule has 73 heavy (non-hydrogen) atoms. The van der Waals surface area contributed by atoms with Gasteiger partial charge in [0.2, 0.25) is 0 Å². The monoisotopic (exact) mass is 1080 g/mol. The standard InChI is InChI=1S/C6H8O7.C6H12O7.C6H12O2.C5H6O4.C5H10O2.C4H8O2.C3H6O2.C2H4O3.C2H4O2.CH2O2/c7-3(8)1-6(13,5(11)12)2-4(9)10;7-1-2(8)3(9)4(10)5(11)6(12)13;1-2-3-4-5-6(7)8;1-3(5(8)9)2-4(6)7;1-2-3-4-5(6)7;1-2-3-4(5)6;1-2-3(4)5;3-1-2(4)5;1-2(3)4;2-1-3/h13H,1-2H2,(H,7,8)(H,9,10)(H,11,12);2-5,7-11H,1H2,(H,12,13);2-5H2,1H3,(H,7,8);1-2H2,(H,6,7)(H,8,9);2-4H2,1H3,(H,6,7);2-3H2,1H3,(H,5,6);2H2,1H3,(H,4,5);3H,1H2,(H,4,5);1H3,(H,3,4);1H,(H,2,3)/t;2-,3-,4+,5-;;;;;;;;/m.1......../s1. The third kappa shape index (κ3) is 98.9. The number of carbonyl (C=O) groups is 13. The van der Waals surface area contributed by atoms with Gasteiger partial charge in [0.25, 0.3) is 12.4 Å². The molecule has 0 amide bonds. The van der Waals surface area contributed by atoms with Crippen LogP contribution in [0.4, 0.5) is 0 Å². The first-order valence-electron chi connectivity index (χ1n) is 20.3. The van der Waals surface area contributed by atoms with Crippen LogP contribution in [0.5, 0.6) is 0 Å². The van der Waals surface area contributed by atoms with Gasteiger partial charge < -0.3 is 102 Å². The molecule has 0 rings (SSSR count). The van der Waals surface area contributed by atoms with Gasteiger partial charge in [0.15, 0.2) is 11.7 Å². The van der Waals surface area contributed by atoms with Crippen LogP contribution >= 0.6 is 0 Å². The van der Waals surface area contributed by atoms with E-state index in [1.54, 1.807) is 6.92 Å². The van der Waals surface area contributed by atoms with Crippen molar-refractivity contribution in [2.75, 3.05) is 13.2 Å². The maximum Gasteiger partial charge on any atom is 0.336 e. The molecular weight excluding hydrogens is 1010 g/mol. The highest BCUT2D eigenvalue weighted by Crippen LogP contribution is 2.15. The van der Waals surface area contributed by atoms with Gasteiger partial charge >= 0.3 is 65.7 Å². The molecule has 0 radical (unpaired) electrons. The Kier molecular flexibility index (Phi) is 73.6. The van der Waals surface area contributed by atoms with Crippen molar-refractivity contribution in [3.63, 3.8) is 0 Å². The van der Waals surface area contributed by atoms with Gasteiger partial charge in [-0.1, -0.05) is 53.5 Å². The lowest BCUT2D eigenvalue weighted by atomic mass is 9.96. The minimum Gasteiger partial charge on any atom is -0.483 e. The molecule has 0 aromatic carbocycles. The molecule has 0 aromatic rings. The molecule has 0 unspecified atom stereocenters. The number of rotatable bonds is 24. The largest absolute Gasteiger partial charge is 0.483 e. The number of carboxylic acids is 12. The van der Waals surface area contributed by atoms with E-state index < -0.39 is 134 Å². The Balaban J connectivity index is -0.0000000778. The van der Waals surface area contributed by atoms with E-state index in [4.69, 9.17) is 117 Å². The van der Waals surface area contributed by atoms with Crippen LogP contribution in [-0.4, -0.2) is 223 Å². The van der Waals surface area contributed by atoms with Crippen LogP contribution in [0.25, 0.3) is 0 Å². The predicted molar refractivity (Wildman–Crippen MR) is 241 cm³/mol. The number of aliphatic carboxylic acids is 12. The minimum absolute atomic E-state index is 0.222. The Labute approximate surface area is 415 Å². The molecule has 0 fully saturated rings. The van der Waals surface area contributed by atoms with Crippen molar-refractivity contribution >= 4 is 78.1 Å². The summed E-state index contributed by atoms with van der Waals surface area (Å²) in [6.45, 7) is 9.70. The average Bonchev–Trinajstić information content (AvgIpc) is 3.25. The Bertz CT molecular complexity index is 1540. The first kappa shape index (κ1) is 88.5. The van der Waals surface area contributed by atoms with Crippen molar-refractivity contribution < 1.29 is 164 Å². The highest BCUT2D eigenvalue weighted by Gasteiger charge is 2.40. The van der Waals surface area contributed by atoms with Gasteiger partial charge in [-0.25, -0.2) is 19.2 Å². The Morgan fingerprint density at radius 3 is 1.00 bits per heavy atom. The molecule has 20 N–H and O–H groups in total. The molecule has 0 aliphatic carbocycles. The Hall–Kier alpha value is -7.43. The maximum atomic E-state index is 10.3. The van der Waals surface area contributed by atoms with E-state index in [1.165, 1.54) is 0 Å². The van der Waals surface area contributed by atoms with Crippen LogP contribution in [0.1, 0.15) is 118 Å². The van der Waals surface area contributed by atoms with Gasteiger partial charge in [-0.3, -0.25) is 43.2 Å². The Morgan fingerprint density at radius 2 is 0.849 bits per heavy atom. The fraction of sp³-hybridized carbons (Fsp3) is 0.625. The highest BCUT2D eigenvalue weighted by molar-refractivity contribution is 5.91. The van der Waals surface area contributed by atoms with Crippen molar-refractivity contribution in [3.05, 3.63) is 12.2 Å². The zero-order valence-corrected chi connectivity index (χ0v) is 40.5. The molecule has 4 atom stereocenters. The summed E-state index contributed by atoms with van der Waals surface area (Å²) in [5.41, 5.74) is -3.04. The fourth-order valence-electron chi connectivity index (χ4n) is 2.71. The molecule has 0 saturated carbocycles. The highest BCUT2D eigenvalue weighted by atomic mass is 16.4. The van der Waals surface area contributed by atoms with Gasteiger partial charge in [-0.15, -0.1) is 0 Å². The van der Waals surface area contributed by atoms with Crippen LogP contribution in [-0.2, 0) is 62.3 Å². The van der Waals surface area contributed by atoms with Crippen LogP contribution in [0.3, 0.4) is 0 Å². The SMILES string of the molecule is C=C(CC(=O)O)C(=O)O.CC(=O)O.CCC(=O)O.CCCC(=O)O.CCCCC(=O)O.CCCCCC(=O)O.O=C(O)CC(O)(CC(=O)O)C(=O)O.O=C(O)CO.O=C(O)[C@H](O)[C@@H](O)[C@H](O)[C@H](O)CO.O=CO. The van der Waals surface area contributed by atoms with Crippen LogP contribution in [0.2, 0.25) is 0 Å². The molecule has 0 aliphatic rings. The lowest BCUT2D eigenvalue weighted by molar-refractivity contribution is -0.170. The van der Waals surface area contributed by atoms with Gasteiger partial charge in [0.05, 0.1) is 25.9 Å². The zero-order valence-electron chi connectivity index (χ0n) is 40.5. The molecule has 33 nitrogen and oxygen atoms in total. The summed E-state index contributed by atoms with van der Waals surface area (Å²) < 4.78 is 0. The van der Waals surface area contributed by atoms with Gasteiger partial charge in [-0.05, 0) is 19.3 Å². The minimum atomic E-state index is -2.74. The second-order valence-electron chi connectivity index (χ2n) is 12.9. The van der Waals surface area contributed by atoms with E-state index in [-0.39, 0.29) is 18.5 Å². The first-order valence-corrected chi connectivity index (χ1v) is 20.3. The zero-order chi connectivity index (χ0) is 60.6. The third-order valence-electron chi connectivity index (χ3n) is 6.10. The quantitative estimate of drug-likeness (QED) is 0.0296. The van der Waals surface area contributed by atoms with Crippen LogP contribution < -0.4 is 0 Å². The maximum absolute atomic E-state index is 10.3. The molecular formula is C40H72O33. The summed E-state index contributed by atoms with van der Waals surface area (Å²) in [5, 5.41) is 163. The number of aliphatic hydroxyl groups excluding tert-OH is 6. The normalized spacial score (nSPS) is 10.6. The molecule has 0 bridgehead atoms. The molecule has 430 valence electrons. The number of hydrogen-bond acceptors (Lipinski definition) is 20. The first-order chi connectivity index (χ1) is 33.2. The van der Waals surface area contributed by atoms with E-state index in [9.17, 15) is 47.9 Å². The summed E-state index contributed by atoms with van der Waals surface area (Å²) in [6, 6.07) is 0. The van der Waals surface area contributed by atoms with E-state index in [0.717, 1.165) is 45.4 Å². The predicted octanol–water partition coefficient (Wildman–Crippen LogP) is -1.52. The van der Waals surface area contributed by atoms with Gasteiger partial charge in [0, 0.05) is 38.2 Å². The molecule has 0 heterocycles. The van der Waals surface area contributed by atoms with Crippen molar-refractivity contribution in [3.8, 4) is 0 Å². The van der Waals surface area contributed by atoms with Gasteiger partial charge in [-0.2, -0.15) is 0 Å². The smallest absolute Gasteiger partial charge is 0.336 e. The second-order valence-corrected chi connectivity index (χ2v) is 12.9. The van der Waals surface area contributed by atoms with Crippen LogP contribution in [0.15, 0.2) is 12.2 Å². The van der Waals surface area contributed by atoms with Gasteiger partial charge in [0.1, 0.15) is 24.9 Å². The van der Waals surface area contributed by atoms with Crippen molar-refractivity contribution in [2.24, 2.45) is 0 Å². The topological polar surface area (TPSA) is 627 Å². The average molecular weight is 1080 g/mol. The molecule has 0 aromatic heterocycles. The lowest BCUT2D eigenvalue weighted by Crippen LogP contribution is -2.48. The Morgan fingerprint density at radius 1 is 0.521 bits per heavy atom. The van der Waals surface area contributed by atoms with Crippen molar-refractivity contribution in [1.82, 2.24) is 0 Å². The molecule has 0 spiro atoms. The van der Waals surface area contributed by atoms with E-state index in [0.29, 0.717) is 19.3 Å². The second kappa shape index (κ2) is 60.7. The number of carboxylic acid groups (broad SMARTS) is 13. The fourth-order valence-corrected chi connectivity index (χ4v) is 2.71. The molecule has 0 aliphatic heterocycles. The summed E-state index contributed by atoms with van der Waals surface area (Å²) in [6.07, 6.45) is -4.03. The number of hydrogen-bond donors (Lipinski definition) is 20. The molecule has 0 saturated heterocycles. The van der Waals surface area contributed by atoms with E-state index >= 15 is 0 Å². The lowest BCUT2D eigenvalue weighted by Gasteiger charge is -2.23. The van der Waals surface area contributed by atoms with Crippen LogP contribution in [0, 0.1) is 0 Å². The summed E-state index contributed by atoms with van der Waals surface area (Å²) in [7, 11) is 0. The summed E-state index contributed by atoms with van der Waals surface area (Å²) in [5.74, 6) is -14.0. The number of unbranched alkanes of at least 4 members (excludes halogenated alkanes) is 3. The third-order valence-corrected chi connectivity index (χ3v) is 6.10.